The maximum Gasteiger partial charge on any atom is 0.274 e. The summed E-state index contributed by atoms with van der Waals surface area (Å²) in [6.45, 7) is 1.75. The SMILES string of the molecule is O=C(NO)c1cc(Cl)c2c(c1)CN(c1nccc(NCc3ccccc3)n1)C2. The van der Waals surface area contributed by atoms with Crippen molar-refractivity contribution >= 4 is 29.3 Å². The number of fused-ring (bicyclic) bond motifs is 1. The number of carbonyl (C=O) groups excluding carboxylic acids is 1. The van der Waals surface area contributed by atoms with Crippen LogP contribution >= 0.6 is 11.6 Å². The molecule has 2 heterocycles. The summed E-state index contributed by atoms with van der Waals surface area (Å²) in [5, 5.41) is 12.6. The Balaban J connectivity index is 1.50. The number of anilines is 2. The first-order chi connectivity index (χ1) is 13.6. The summed E-state index contributed by atoms with van der Waals surface area (Å²) in [5.74, 6) is 0.723. The minimum absolute atomic E-state index is 0.312. The molecule has 4 rings (SSSR count). The van der Waals surface area contributed by atoms with Crippen molar-refractivity contribution in [1.82, 2.24) is 15.4 Å². The first-order valence-corrected chi connectivity index (χ1v) is 9.13. The lowest BCUT2D eigenvalue weighted by Crippen LogP contribution is -2.19. The number of hydrogen-bond donors (Lipinski definition) is 3. The molecule has 7 nitrogen and oxygen atoms in total. The number of hydrogen-bond acceptors (Lipinski definition) is 6. The Bertz CT molecular complexity index is 1010. The molecule has 1 aliphatic heterocycles. The van der Waals surface area contributed by atoms with Crippen LogP contribution < -0.4 is 15.7 Å². The molecule has 0 saturated heterocycles. The summed E-state index contributed by atoms with van der Waals surface area (Å²) in [7, 11) is 0. The van der Waals surface area contributed by atoms with Gasteiger partial charge in [0, 0.05) is 36.4 Å². The van der Waals surface area contributed by atoms with Crippen LogP contribution in [0.4, 0.5) is 11.8 Å². The molecule has 142 valence electrons. The van der Waals surface area contributed by atoms with Gasteiger partial charge in [0.2, 0.25) is 5.95 Å². The summed E-state index contributed by atoms with van der Waals surface area (Å²) < 4.78 is 0. The van der Waals surface area contributed by atoms with Gasteiger partial charge in [0.25, 0.3) is 5.91 Å². The lowest BCUT2D eigenvalue weighted by atomic mass is 10.1. The lowest BCUT2D eigenvalue weighted by molar-refractivity contribution is 0.0706. The molecule has 0 radical (unpaired) electrons. The van der Waals surface area contributed by atoms with Gasteiger partial charge < -0.3 is 10.2 Å². The van der Waals surface area contributed by atoms with Gasteiger partial charge in [0.15, 0.2) is 0 Å². The van der Waals surface area contributed by atoms with Crippen molar-refractivity contribution < 1.29 is 10.0 Å². The molecule has 8 heteroatoms. The van der Waals surface area contributed by atoms with Gasteiger partial charge in [-0.3, -0.25) is 10.0 Å². The number of nitrogens with one attached hydrogen (secondary N) is 2. The zero-order chi connectivity index (χ0) is 19.5. The van der Waals surface area contributed by atoms with Gasteiger partial charge in [-0.2, -0.15) is 4.98 Å². The number of rotatable bonds is 5. The molecule has 1 aliphatic rings. The fourth-order valence-electron chi connectivity index (χ4n) is 3.19. The van der Waals surface area contributed by atoms with E-state index in [1.165, 1.54) is 0 Å². The Morgan fingerprint density at radius 3 is 2.79 bits per heavy atom. The largest absolute Gasteiger partial charge is 0.366 e. The van der Waals surface area contributed by atoms with E-state index < -0.39 is 5.91 Å². The highest BCUT2D eigenvalue weighted by molar-refractivity contribution is 6.32. The number of benzene rings is 2. The molecule has 3 N–H and O–H groups in total. The van der Waals surface area contributed by atoms with Gasteiger partial charge in [-0.25, -0.2) is 10.5 Å². The van der Waals surface area contributed by atoms with Crippen LogP contribution in [-0.4, -0.2) is 21.1 Å². The minimum atomic E-state index is -0.591. The van der Waals surface area contributed by atoms with Crippen LogP contribution in [0.25, 0.3) is 0 Å². The predicted molar refractivity (Wildman–Crippen MR) is 106 cm³/mol. The maximum atomic E-state index is 11.7. The van der Waals surface area contributed by atoms with E-state index in [-0.39, 0.29) is 0 Å². The number of nitrogens with zero attached hydrogens (tertiary/aromatic N) is 3. The van der Waals surface area contributed by atoms with E-state index in [0.29, 0.717) is 36.2 Å². The number of amides is 1. The average Bonchev–Trinajstić information content (AvgIpc) is 3.17. The van der Waals surface area contributed by atoms with Gasteiger partial charge in [-0.15, -0.1) is 0 Å². The van der Waals surface area contributed by atoms with E-state index in [4.69, 9.17) is 16.8 Å². The van der Waals surface area contributed by atoms with Crippen LogP contribution in [0.5, 0.6) is 0 Å². The first-order valence-electron chi connectivity index (χ1n) is 8.75. The van der Waals surface area contributed by atoms with Crippen LogP contribution in [0.1, 0.15) is 27.0 Å². The molecule has 0 saturated carbocycles. The molecule has 1 amide bonds. The Labute approximate surface area is 167 Å². The minimum Gasteiger partial charge on any atom is -0.366 e. The van der Waals surface area contributed by atoms with Crippen molar-refractivity contribution in [2.45, 2.75) is 19.6 Å². The summed E-state index contributed by atoms with van der Waals surface area (Å²) >= 11 is 6.34. The summed E-state index contributed by atoms with van der Waals surface area (Å²) in [5.41, 5.74) is 4.96. The fourth-order valence-corrected chi connectivity index (χ4v) is 3.49. The van der Waals surface area contributed by atoms with Crippen LogP contribution in [-0.2, 0) is 19.6 Å². The van der Waals surface area contributed by atoms with Crippen molar-refractivity contribution in [2.75, 3.05) is 10.2 Å². The molecule has 2 aromatic carbocycles. The second kappa shape index (κ2) is 7.84. The van der Waals surface area contributed by atoms with E-state index in [1.54, 1.807) is 23.8 Å². The van der Waals surface area contributed by atoms with Crippen LogP contribution in [0.2, 0.25) is 5.02 Å². The van der Waals surface area contributed by atoms with E-state index in [0.717, 1.165) is 22.5 Å². The van der Waals surface area contributed by atoms with Crippen LogP contribution in [0.3, 0.4) is 0 Å². The highest BCUT2D eigenvalue weighted by Crippen LogP contribution is 2.32. The van der Waals surface area contributed by atoms with Crippen LogP contribution in [0, 0.1) is 0 Å². The van der Waals surface area contributed by atoms with Gasteiger partial charge in [0.05, 0.1) is 0 Å². The summed E-state index contributed by atoms with van der Waals surface area (Å²) in [6.07, 6.45) is 1.71. The Hall–Kier alpha value is -3.16. The number of carbonyl (C=O) groups is 1. The third-order valence-electron chi connectivity index (χ3n) is 4.60. The molecule has 0 fully saturated rings. The second-order valence-electron chi connectivity index (χ2n) is 6.47. The van der Waals surface area contributed by atoms with Crippen molar-refractivity contribution in [3.05, 3.63) is 82.0 Å². The molecule has 0 aliphatic carbocycles. The number of hydroxylamine groups is 1. The molecular formula is C20H18ClN5O2. The molecular weight excluding hydrogens is 378 g/mol. The monoisotopic (exact) mass is 395 g/mol. The quantitative estimate of drug-likeness (QED) is 0.453. The summed E-state index contributed by atoms with van der Waals surface area (Å²) in [4.78, 5) is 22.6. The maximum absolute atomic E-state index is 11.7. The van der Waals surface area contributed by atoms with Crippen molar-refractivity contribution in [1.29, 1.82) is 0 Å². The molecule has 28 heavy (non-hydrogen) atoms. The highest BCUT2D eigenvalue weighted by atomic mass is 35.5. The van der Waals surface area contributed by atoms with Gasteiger partial charge in [-0.1, -0.05) is 41.9 Å². The summed E-state index contributed by atoms with van der Waals surface area (Å²) in [6, 6.07) is 15.2. The smallest absolute Gasteiger partial charge is 0.274 e. The van der Waals surface area contributed by atoms with Crippen LogP contribution in [0.15, 0.2) is 54.7 Å². The molecule has 0 bridgehead atoms. The Kier molecular flexibility index (Phi) is 5.10. The Morgan fingerprint density at radius 2 is 2.00 bits per heavy atom. The third-order valence-corrected chi connectivity index (χ3v) is 4.94. The van der Waals surface area contributed by atoms with E-state index in [2.05, 4.69) is 15.3 Å². The molecule has 0 spiro atoms. The number of aromatic nitrogens is 2. The molecule has 0 atom stereocenters. The van der Waals surface area contributed by atoms with Gasteiger partial charge >= 0.3 is 0 Å². The normalized spacial score (nSPS) is 12.6. The fraction of sp³-hybridized carbons (Fsp3) is 0.150. The van der Waals surface area contributed by atoms with Gasteiger partial charge in [0.1, 0.15) is 5.82 Å². The van der Waals surface area contributed by atoms with E-state index in [1.807, 2.05) is 41.3 Å². The van der Waals surface area contributed by atoms with E-state index in [9.17, 15) is 4.79 Å². The molecule has 0 unspecified atom stereocenters. The number of halogens is 1. The third kappa shape index (κ3) is 3.76. The lowest BCUT2D eigenvalue weighted by Gasteiger charge is -2.16. The second-order valence-corrected chi connectivity index (χ2v) is 6.88. The van der Waals surface area contributed by atoms with Crippen molar-refractivity contribution in [3.8, 4) is 0 Å². The Morgan fingerprint density at radius 1 is 1.18 bits per heavy atom. The van der Waals surface area contributed by atoms with E-state index >= 15 is 0 Å². The average molecular weight is 396 g/mol. The predicted octanol–water partition coefficient (Wildman–Crippen LogP) is 3.38. The topological polar surface area (TPSA) is 90.4 Å². The van der Waals surface area contributed by atoms with Gasteiger partial charge in [-0.05, 0) is 34.9 Å². The zero-order valence-corrected chi connectivity index (χ0v) is 15.6. The van der Waals surface area contributed by atoms with Crippen molar-refractivity contribution in [2.24, 2.45) is 0 Å². The molecule has 1 aromatic heterocycles. The van der Waals surface area contributed by atoms with Crippen molar-refractivity contribution in [3.63, 3.8) is 0 Å². The highest BCUT2D eigenvalue weighted by Gasteiger charge is 2.25. The first kappa shape index (κ1) is 18.2. The standard InChI is InChI=1S/C20H18ClN5O2/c21-17-9-14(19(27)25-28)8-15-11-26(12-16(15)17)20-22-7-6-18(24-20)23-10-13-4-2-1-3-5-13/h1-9,28H,10-12H2,(H,25,27)(H,22,23,24). The molecule has 3 aromatic rings. The zero-order valence-electron chi connectivity index (χ0n) is 14.9.